The zero-order chi connectivity index (χ0) is 10.8. The number of halogens is 1. The van der Waals surface area contributed by atoms with Crippen LogP contribution in [0.15, 0.2) is 16.7 Å². The molecule has 1 N–H and O–H groups in total. The van der Waals surface area contributed by atoms with E-state index >= 15 is 0 Å². The molecule has 1 amide bonds. The number of furan rings is 1. The first-order valence-electron chi connectivity index (χ1n) is 5.26. The molecule has 1 atom stereocenters. The molecule has 0 aliphatic carbocycles. The van der Waals surface area contributed by atoms with Crippen LogP contribution < -0.4 is 5.32 Å². The Balaban J connectivity index is 0.00000128. The van der Waals surface area contributed by atoms with Crippen LogP contribution in [0, 0.1) is 6.92 Å². The van der Waals surface area contributed by atoms with E-state index in [1.807, 2.05) is 11.8 Å². The molecule has 1 aliphatic heterocycles. The molecule has 90 valence electrons. The third-order valence-corrected chi connectivity index (χ3v) is 2.85. The second kappa shape index (κ2) is 5.37. The van der Waals surface area contributed by atoms with Crippen LogP contribution in [0.25, 0.3) is 0 Å². The zero-order valence-electron chi connectivity index (χ0n) is 9.53. The van der Waals surface area contributed by atoms with Crippen LogP contribution in [-0.2, 0) is 0 Å². The van der Waals surface area contributed by atoms with Crippen molar-refractivity contribution >= 4 is 18.3 Å². The van der Waals surface area contributed by atoms with Gasteiger partial charge in [-0.15, -0.1) is 12.4 Å². The minimum absolute atomic E-state index is 0. The highest BCUT2D eigenvalue weighted by atomic mass is 35.5. The molecule has 1 saturated heterocycles. The topological polar surface area (TPSA) is 45.5 Å². The van der Waals surface area contributed by atoms with Gasteiger partial charge in [0.2, 0.25) is 0 Å². The Morgan fingerprint density at radius 1 is 1.62 bits per heavy atom. The Labute approximate surface area is 101 Å². The summed E-state index contributed by atoms with van der Waals surface area (Å²) in [6, 6.07) is 1.99. The summed E-state index contributed by atoms with van der Waals surface area (Å²) in [6.45, 7) is 6.37. The lowest BCUT2D eigenvalue weighted by atomic mass is 10.1. The number of nitrogens with zero attached hydrogens (tertiary/aromatic N) is 1. The van der Waals surface area contributed by atoms with Crippen molar-refractivity contribution in [2.24, 2.45) is 0 Å². The van der Waals surface area contributed by atoms with E-state index in [0.29, 0.717) is 11.3 Å². The first-order chi connectivity index (χ1) is 7.20. The third kappa shape index (κ3) is 2.39. The highest BCUT2D eigenvalue weighted by Crippen LogP contribution is 2.14. The average Bonchev–Trinajstić information content (AvgIpc) is 2.64. The Kier molecular flexibility index (Phi) is 4.38. The van der Waals surface area contributed by atoms with Crippen LogP contribution in [0.4, 0.5) is 0 Å². The summed E-state index contributed by atoms with van der Waals surface area (Å²) in [6.07, 6.45) is 1.56. The smallest absolute Gasteiger partial charge is 0.257 e. The highest BCUT2D eigenvalue weighted by Gasteiger charge is 2.25. The Morgan fingerprint density at radius 3 is 2.94 bits per heavy atom. The van der Waals surface area contributed by atoms with Gasteiger partial charge in [-0.2, -0.15) is 0 Å². The van der Waals surface area contributed by atoms with E-state index in [1.54, 1.807) is 12.3 Å². The van der Waals surface area contributed by atoms with E-state index in [4.69, 9.17) is 4.42 Å². The van der Waals surface area contributed by atoms with Gasteiger partial charge >= 0.3 is 0 Å². The Bertz CT molecular complexity index is 365. The fourth-order valence-corrected chi connectivity index (χ4v) is 1.90. The maximum absolute atomic E-state index is 12.1. The number of carbonyl (C=O) groups excluding carboxylic acids is 1. The number of hydrogen-bond donors (Lipinski definition) is 1. The van der Waals surface area contributed by atoms with Gasteiger partial charge in [0, 0.05) is 25.7 Å². The number of carbonyl (C=O) groups is 1. The molecule has 2 heterocycles. The zero-order valence-corrected chi connectivity index (χ0v) is 10.3. The average molecular weight is 245 g/mol. The predicted molar refractivity (Wildman–Crippen MR) is 64.1 cm³/mol. The largest absolute Gasteiger partial charge is 0.469 e. The van der Waals surface area contributed by atoms with Crippen LogP contribution >= 0.6 is 12.4 Å². The van der Waals surface area contributed by atoms with Crippen LogP contribution in [0.2, 0.25) is 0 Å². The third-order valence-electron chi connectivity index (χ3n) is 2.85. The standard InChI is InChI=1S/C11H16N2O2.ClH/c1-8-7-12-4-5-13(8)11(14)10-3-6-15-9(10)2;/h3,6,8,12H,4-5,7H2,1-2H3;1H/t8-;/m0./s1. The first-order valence-corrected chi connectivity index (χ1v) is 5.26. The molecule has 16 heavy (non-hydrogen) atoms. The minimum Gasteiger partial charge on any atom is -0.469 e. The van der Waals surface area contributed by atoms with E-state index in [2.05, 4.69) is 12.2 Å². The molecule has 1 aliphatic rings. The molecule has 4 nitrogen and oxygen atoms in total. The van der Waals surface area contributed by atoms with Crippen LogP contribution in [0.3, 0.4) is 0 Å². The fraction of sp³-hybridized carbons (Fsp3) is 0.545. The minimum atomic E-state index is 0. The highest BCUT2D eigenvalue weighted by molar-refractivity contribution is 5.95. The van der Waals surface area contributed by atoms with Crippen molar-refractivity contribution < 1.29 is 9.21 Å². The molecule has 0 spiro atoms. The lowest BCUT2D eigenvalue weighted by molar-refractivity contribution is 0.0654. The lowest BCUT2D eigenvalue weighted by Crippen LogP contribution is -2.52. The maximum atomic E-state index is 12.1. The van der Waals surface area contributed by atoms with Gasteiger partial charge in [-0.05, 0) is 19.9 Å². The van der Waals surface area contributed by atoms with Crippen molar-refractivity contribution in [3.05, 3.63) is 23.7 Å². The van der Waals surface area contributed by atoms with Gasteiger partial charge in [-0.25, -0.2) is 0 Å². The summed E-state index contributed by atoms with van der Waals surface area (Å²) < 4.78 is 5.15. The molecule has 2 rings (SSSR count). The Hall–Kier alpha value is -1.00. The maximum Gasteiger partial charge on any atom is 0.257 e. The van der Waals surface area contributed by atoms with Gasteiger partial charge in [-0.3, -0.25) is 4.79 Å². The van der Waals surface area contributed by atoms with E-state index in [-0.39, 0.29) is 24.4 Å². The molecule has 0 aromatic carbocycles. The van der Waals surface area contributed by atoms with Crippen molar-refractivity contribution in [3.63, 3.8) is 0 Å². The van der Waals surface area contributed by atoms with Crippen LogP contribution in [0.5, 0.6) is 0 Å². The summed E-state index contributed by atoms with van der Waals surface area (Å²) in [5.41, 5.74) is 0.684. The van der Waals surface area contributed by atoms with Gasteiger partial charge in [0.25, 0.3) is 5.91 Å². The number of hydrogen-bond acceptors (Lipinski definition) is 3. The predicted octanol–water partition coefficient (Wildman–Crippen LogP) is 1.44. The molecule has 1 aromatic rings. The summed E-state index contributed by atoms with van der Waals surface area (Å²) in [5, 5.41) is 3.26. The van der Waals surface area contributed by atoms with E-state index in [1.165, 1.54) is 0 Å². The normalized spacial score (nSPS) is 20.4. The van der Waals surface area contributed by atoms with Gasteiger partial charge in [0.1, 0.15) is 5.76 Å². The molecule has 0 saturated carbocycles. The van der Waals surface area contributed by atoms with E-state index in [0.717, 1.165) is 19.6 Å². The van der Waals surface area contributed by atoms with Gasteiger partial charge in [0.05, 0.1) is 11.8 Å². The van der Waals surface area contributed by atoms with Gasteiger partial charge in [0.15, 0.2) is 0 Å². The van der Waals surface area contributed by atoms with Crippen molar-refractivity contribution in [2.75, 3.05) is 19.6 Å². The number of nitrogens with one attached hydrogen (secondary N) is 1. The SMILES string of the molecule is Cc1occc1C(=O)N1CCNC[C@@H]1C.Cl. The molecule has 1 aromatic heterocycles. The van der Waals surface area contributed by atoms with Crippen molar-refractivity contribution in [3.8, 4) is 0 Å². The molecule has 0 bridgehead atoms. The second-order valence-electron chi connectivity index (χ2n) is 3.94. The molecular weight excluding hydrogens is 228 g/mol. The summed E-state index contributed by atoms with van der Waals surface area (Å²) in [5.74, 6) is 0.779. The molecular formula is C11H17ClN2O2. The monoisotopic (exact) mass is 244 g/mol. The van der Waals surface area contributed by atoms with Crippen molar-refractivity contribution in [1.29, 1.82) is 0 Å². The molecule has 0 radical (unpaired) electrons. The first kappa shape index (κ1) is 13.1. The van der Waals surface area contributed by atoms with Crippen LogP contribution in [-0.4, -0.2) is 36.5 Å². The van der Waals surface area contributed by atoms with E-state index < -0.39 is 0 Å². The summed E-state index contributed by atoms with van der Waals surface area (Å²) in [4.78, 5) is 14.0. The summed E-state index contributed by atoms with van der Waals surface area (Å²) >= 11 is 0. The molecule has 0 unspecified atom stereocenters. The van der Waals surface area contributed by atoms with E-state index in [9.17, 15) is 4.79 Å². The molecule has 5 heteroatoms. The Morgan fingerprint density at radius 2 is 2.38 bits per heavy atom. The van der Waals surface area contributed by atoms with Gasteiger partial charge < -0.3 is 14.6 Å². The second-order valence-corrected chi connectivity index (χ2v) is 3.94. The molecule has 1 fully saturated rings. The summed E-state index contributed by atoms with van der Waals surface area (Å²) in [7, 11) is 0. The quantitative estimate of drug-likeness (QED) is 0.813. The number of rotatable bonds is 1. The number of amides is 1. The number of aryl methyl sites for hydroxylation is 1. The van der Waals surface area contributed by atoms with Gasteiger partial charge in [-0.1, -0.05) is 0 Å². The lowest BCUT2D eigenvalue weighted by Gasteiger charge is -2.33. The van der Waals surface area contributed by atoms with Crippen molar-refractivity contribution in [2.45, 2.75) is 19.9 Å². The number of piperazine rings is 1. The fourth-order valence-electron chi connectivity index (χ4n) is 1.90. The van der Waals surface area contributed by atoms with Crippen LogP contribution in [0.1, 0.15) is 23.0 Å². The van der Waals surface area contributed by atoms with Crippen molar-refractivity contribution in [1.82, 2.24) is 10.2 Å².